The molecule has 0 amide bonds. The molecule has 0 aromatic heterocycles. The summed E-state index contributed by atoms with van der Waals surface area (Å²) in [6.07, 6.45) is 94.8. The lowest BCUT2D eigenvalue weighted by atomic mass is 10.0. The van der Waals surface area contributed by atoms with Crippen LogP contribution in [0.15, 0.2) is 122 Å². The predicted octanol–water partition coefficient (Wildman–Crippen LogP) is 21.8. The zero-order valence-electron chi connectivity index (χ0n) is 49.0. The molecule has 428 valence electrons. The normalized spacial score (nSPS) is 13.1. The third-order valence-electron chi connectivity index (χ3n) is 13.5. The van der Waals surface area contributed by atoms with E-state index in [1.165, 1.54) is 154 Å². The van der Waals surface area contributed by atoms with E-state index in [9.17, 15) is 14.7 Å². The molecule has 1 N–H and O–H groups in total. The van der Waals surface area contributed by atoms with E-state index in [1.54, 1.807) is 0 Å². The van der Waals surface area contributed by atoms with Crippen LogP contribution >= 0.6 is 0 Å². The molecule has 0 rings (SSSR count). The van der Waals surface area contributed by atoms with Crippen molar-refractivity contribution in [3.05, 3.63) is 122 Å². The fourth-order valence-electron chi connectivity index (χ4n) is 8.82. The van der Waals surface area contributed by atoms with E-state index in [0.717, 1.165) is 109 Å². The van der Waals surface area contributed by atoms with Crippen molar-refractivity contribution in [2.45, 2.75) is 296 Å². The number of allylic oxidation sites excluding steroid dienone is 20. The van der Waals surface area contributed by atoms with E-state index in [0.29, 0.717) is 12.8 Å². The highest BCUT2D eigenvalue weighted by atomic mass is 16.6. The Morgan fingerprint density at radius 3 is 0.867 bits per heavy atom. The average Bonchev–Trinajstić information content (AvgIpc) is 3.41. The van der Waals surface area contributed by atoms with Gasteiger partial charge in [0.05, 0.1) is 6.61 Å². The lowest BCUT2D eigenvalue weighted by molar-refractivity contribution is -0.161. The Hall–Kier alpha value is -3.70. The number of carbonyl (C=O) groups excluding carboxylic acids is 2. The Labute approximate surface area is 464 Å². The fourth-order valence-corrected chi connectivity index (χ4v) is 8.82. The van der Waals surface area contributed by atoms with Gasteiger partial charge in [0, 0.05) is 12.8 Å². The smallest absolute Gasteiger partial charge is 0.306 e. The van der Waals surface area contributed by atoms with Crippen molar-refractivity contribution in [2.75, 3.05) is 13.2 Å². The van der Waals surface area contributed by atoms with Crippen LogP contribution in [-0.4, -0.2) is 36.4 Å². The van der Waals surface area contributed by atoms with E-state index < -0.39 is 6.10 Å². The molecule has 1 atom stereocenters. The van der Waals surface area contributed by atoms with Crippen molar-refractivity contribution in [3.63, 3.8) is 0 Å². The fraction of sp³-hybridized carbons (Fsp3) is 0.686. The van der Waals surface area contributed by atoms with Gasteiger partial charge in [-0.3, -0.25) is 9.59 Å². The average molecular weight is 1040 g/mol. The van der Waals surface area contributed by atoms with Crippen molar-refractivity contribution < 1.29 is 24.2 Å². The van der Waals surface area contributed by atoms with Crippen molar-refractivity contribution in [2.24, 2.45) is 0 Å². The standard InChI is InChI=1S/C70H118O5/c1-3-5-7-9-11-13-15-17-19-21-23-25-27-29-30-31-32-33-34-35-36-37-38-39-40-41-43-45-47-49-51-53-55-57-59-61-63-65-70(73)75-68(66-71)67-74-69(72)64-62-60-58-56-54-52-50-48-46-44-42-28-26-24-22-20-18-16-14-12-10-8-6-4-2/h5,7,11,13,17,19,23,25,29-30,32-33,35-36,38-39,41,43,47,49,68,71H,3-4,6,8-10,12,14-16,18,20-22,24,26-28,31,34,37,40,42,44-46,48,50-67H2,1-2H3/b7-5-,13-11-,19-17-,25-23-,30-29-,33-32-,36-35-,39-38-,43-41-,49-47-. The lowest BCUT2D eigenvalue weighted by Crippen LogP contribution is -2.28. The van der Waals surface area contributed by atoms with Crippen LogP contribution in [0.2, 0.25) is 0 Å². The van der Waals surface area contributed by atoms with Gasteiger partial charge in [-0.05, 0) is 89.9 Å². The maximum absolute atomic E-state index is 12.3. The van der Waals surface area contributed by atoms with Gasteiger partial charge in [-0.25, -0.2) is 0 Å². The largest absolute Gasteiger partial charge is 0.462 e. The lowest BCUT2D eigenvalue weighted by Gasteiger charge is -2.15. The van der Waals surface area contributed by atoms with Gasteiger partial charge in [-0.1, -0.05) is 309 Å². The van der Waals surface area contributed by atoms with Gasteiger partial charge in [-0.15, -0.1) is 0 Å². The maximum atomic E-state index is 12.3. The highest BCUT2D eigenvalue weighted by molar-refractivity contribution is 5.70. The van der Waals surface area contributed by atoms with Gasteiger partial charge in [-0.2, -0.15) is 0 Å². The van der Waals surface area contributed by atoms with Crippen LogP contribution in [0.5, 0.6) is 0 Å². The minimum Gasteiger partial charge on any atom is -0.462 e. The summed E-state index contributed by atoms with van der Waals surface area (Å²) in [5.41, 5.74) is 0. The van der Waals surface area contributed by atoms with Gasteiger partial charge < -0.3 is 14.6 Å². The first-order valence-electron chi connectivity index (χ1n) is 31.6. The third kappa shape index (κ3) is 62.7. The number of hydrogen-bond acceptors (Lipinski definition) is 5. The molecule has 5 nitrogen and oxygen atoms in total. The Bertz CT molecular complexity index is 1500. The Balaban J connectivity index is 3.58. The number of carbonyl (C=O) groups is 2. The maximum Gasteiger partial charge on any atom is 0.306 e. The third-order valence-corrected chi connectivity index (χ3v) is 13.5. The minimum atomic E-state index is -0.787. The van der Waals surface area contributed by atoms with Gasteiger partial charge in [0.1, 0.15) is 6.61 Å². The van der Waals surface area contributed by atoms with Gasteiger partial charge >= 0.3 is 11.9 Å². The van der Waals surface area contributed by atoms with Gasteiger partial charge in [0.2, 0.25) is 0 Å². The second-order valence-electron chi connectivity index (χ2n) is 20.8. The van der Waals surface area contributed by atoms with E-state index in [2.05, 4.69) is 135 Å². The summed E-state index contributed by atoms with van der Waals surface area (Å²) in [6, 6.07) is 0. The molecule has 1 unspecified atom stereocenters. The number of hydrogen-bond donors (Lipinski definition) is 1. The quantitative estimate of drug-likeness (QED) is 0.0373. The molecule has 0 spiro atoms. The van der Waals surface area contributed by atoms with Crippen molar-refractivity contribution in [3.8, 4) is 0 Å². The van der Waals surface area contributed by atoms with Crippen molar-refractivity contribution in [1.29, 1.82) is 0 Å². The van der Waals surface area contributed by atoms with Crippen molar-refractivity contribution >= 4 is 11.9 Å². The Morgan fingerprint density at radius 1 is 0.320 bits per heavy atom. The first-order valence-corrected chi connectivity index (χ1v) is 31.6. The zero-order valence-corrected chi connectivity index (χ0v) is 49.0. The van der Waals surface area contributed by atoms with Gasteiger partial charge in [0.15, 0.2) is 6.10 Å². The molecule has 0 saturated carbocycles. The molecule has 0 saturated heterocycles. The Kier molecular flexibility index (Phi) is 61.4. The van der Waals surface area contributed by atoms with E-state index >= 15 is 0 Å². The molecule has 0 radical (unpaired) electrons. The van der Waals surface area contributed by atoms with E-state index in [-0.39, 0.29) is 25.2 Å². The summed E-state index contributed by atoms with van der Waals surface area (Å²) < 4.78 is 10.7. The predicted molar refractivity (Wildman–Crippen MR) is 329 cm³/mol. The molecule has 0 aliphatic heterocycles. The summed E-state index contributed by atoms with van der Waals surface area (Å²) in [5.74, 6) is -0.603. The molecule has 0 aromatic carbocycles. The molecule has 0 aliphatic rings. The topological polar surface area (TPSA) is 72.8 Å². The monoisotopic (exact) mass is 1040 g/mol. The molecule has 0 heterocycles. The van der Waals surface area contributed by atoms with E-state index in [1.807, 2.05) is 0 Å². The summed E-state index contributed by atoms with van der Waals surface area (Å²) in [6.45, 7) is 4.04. The SMILES string of the molecule is CC/C=C\C/C=C\C/C=C\C/C=C\C/C=C\C/C=C\C/C=C\C/C=C\C/C=C\C/C=C\CCCCCCCCC(=O)OC(CO)COC(=O)CCCCCCCCCCCCCCCCCCCCCCCCCC. The molecule has 0 aromatic rings. The molecule has 0 fully saturated rings. The highest BCUT2D eigenvalue weighted by Crippen LogP contribution is 2.17. The van der Waals surface area contributed by atoms with Crippen LogP contribution in [0.3, 0.4) is 0 Å². The van der Waals surface area contributed by atoms with Crippen LogP contribution < -0.4 is 0 Å². The molecule has 0 bridgehead atoms. The highest BCUT2D eigenvalue weighted by Gasteiger charge is 2.16. The Morgan fingerprint density at radius 2 is 0.573 bits per heavy atom. The van der Waals surface area contributed by atoms with E-state index in [4.69, 9.17) is 9.47 Å². The zero-order chi connectivity index (χ0) is 54.1. The first kappa shape index (κ1) is 71.3. The van der Waals surface area contributed by atoms with Crippen LogP contribution in [0.25, 0.3) is 0 Å². The summed E-state index contributed by atoms with van der Waals surface area (Å²) in [4.78, 5) is 24.6. The number of ether oxygens (including phenoxy) is 2. The van der Waals surface area contributed by atoms with Crippen LogP contribution in [-0.2, 0) is 19.1 Å². The first-order chi connectivity index (χ1) is 37.1. The minimum absolute atomic E-state index is 0.0751. The van der Waals surface area contributed by atoms with Gasteiger partial charge in [0.25, 0.3) is 0 Å². The molecular weight excluding hydrogens is 921 g/mol. The number of rotatable bonds is 57. The molecule has 75 heavy (non-hydrogen) atoms. The number of esters is 2. The number of aliphatic hydroxyl groups is 1. The van der Waals surface area contributed by atoms with Crippen LogP contribution in [0, 0.1) is 0 Å². The summed E-state index contributed by atoms with van der Waals surface area (Å²) >= 11 is 0. The molecule has 0 aliphatic carbocycles. The molecule has 5 heteroatoms. The summed E-state index contributed by atoms with van der Waals surface area (Å²) in [5, 5.41) is 9.68. The van der Waals surface area contributed by atoms with Crippen LogP contribution in [0.4, 0.5) is 0 Å². The van der Waals surface area contributed by atoms with Crippen molar-refractivity contribution in [1.82, 2.24) is 0 Å². The second kappa shape index (κ2) is 64.6. The summed E-state index contributed by atoms with van der Waals surface area (Å²) in [7, 11) is 0. The molecular formula is C70H118O5. The number of aliphatic hydroxyl groups excluding tert-OH is 1. The van der Waals surface area contributed by atoms with Crippen LogP contribution in [0.1, 0.15) is 290 Å². The second-order valence-corrected chi connectivity index (χ2v) is 20.8. The number of unbranched alkanes of at least 4 members (excludes halogenated alkanes) is 29.